The summed E-state index contributed by atoms with van der Waals surface area (Å²) in [6.07, 6.45) is 11.0. The summed E-state index contributed by atoms with van der Waals surface area (Å²) < 4.78 is 0. The summed E-state index contributed by atoms with van der Waals surface area (Å²) in [6, 6.07) is 1.90. The number of amides is 2. The first-order valence-electron chi connectivity index (χ1n) is 8.36. The highest BCUT2D eigenvalue weighted by Crippen LogP contribution is 2.32. The SMILES string of the molecule is O=C1CCNc2cc(/C=C/C(=O)N3CC4C=CCC4C3)cnc2N1. The molecule has 6 nitrogen and oxygen atoms in total. The number of nitrogens with one attached hydrogen (secondary N) is 2. The molecule has 0 spiro atoms. The number of fused-ring (bicyclic) bond motifs is 2. The molecule has 2 atom stereocenters. The summed E-state index contributed by atoms with van der Waals surface area (Å²) in [5, 5.41) is 5.95. The fourth-order valence-corrected chi connectivity index (χ4v) is 3.56. The standard InChI is InChI=1S/C18H20N4O2/c23-16-6-7-19-15-8-12(9-20-18(15)21-16)4-5-17(24)22-10-13-2-1-3-14(13)11-22/h1-2,4-5,8-9,13-14,19H,3,6-7,10-11H2,(H,20,21,23)/b5-4+. The third-order valence-electron chi connectivity index (χ3n) is 4.88. The van der Waals surface area contributed by atoms with Gasteiger partial charge in [0.05, 0.1) is 5.69 Å². The summed E-state index contributed by atoms with van der Waals surface area (Å²) in [7, 11) is 0. The molecule has 0 aromatic carbocycles. The monoisotopic (exact) mass is 324 g/mol. The van der Waals surface area contributed by atoms with Gasteiger partial charge in [0.1, 0.15) is 0 Å². The van der Waals surface area contributed by atoms with Crippen molar-refractivity contribution < 1.29 is 9.59 Å². The number of allylic oxidation sites excluding steroid dienone is 1. The molecule has 0 saturated carbocycles. The molecule has 124 valence electrons. The van der Waals surface area contributed by atoms with Crippen molar-refractivity contribution in [1.82, 2.24) is 9.88 Å². The Morgan fingerprint density at radius 1 is 1.38 bits per heavy atom. The molecule has 6 heteroatoms. The Morgan fingerprint density at radius 3 is 3.17 bits per heavy atom. The van der Waals surface area contributed by atoms with Crippen LogP contribution in [0.15, 0.2) is 30.5 Å². The Morgan fingerprint density at radius 2 is 2.29 bits per heavy atom. The van der Waals surface area contributed by atoms with Crippen LogP contribution in [0.2, 0.25) is 0 Å². The number of carbonyl (C=O) groups is 2. The Bertz CT molecular complexity index is 741. The van der Waals surface area contributed by atoms with E-state index in [1.165, 1.54) is 0 Å². The van der Waals surface area contributed by atoms with Gasteiger partial charge >= 0.3 is 0 Å². The first-order chi connectivity index (χ1) is 11.7. The fourth-order valence-electron chi connectivity index (χ4n) is 3.56. The molecule has 2 amide bonds. The molecule has 2 aliphatic heterocycles. The second-order valence-electron chi connectivity index (χ2n) is 6.55. The van der Waals surface area contributed by atoms with Gasteiger partial charge in [0.15, 0.2) is 5.82 Å². The molecular weight excluding hydrogens is 304 g/mol. The lowest BCUT2D eigenvalue weighted by molar-refractivity contribution is -0.125. The molecule has 1 aliphatic carbocycles. The number of likely N-dealkylation sites (tertiary alicyclic amines) is 1. The lowest BCUT2D eigenvalue weighted by atomic mass is 10.0. The van der Waals surface area contributed by atoms with E-state index in [0.29, 0.717) is 30.6 Å². The van der Waals surface area contributed by atoms with Crippen molar-refractivity contribution in [3.8, 4) is 0 Å². The van der Waals surface area contributed by atoms with Crippen molar-refractivity contribution in [3.05, 3.63) is 36.1 Å². The molecule has 1 aromatic heterocycles. The average Bonchev–Trinajstić information content (AvgIpc) is 3.11. The van der Waals surface area contributed by atoms with Gasteiger partial charge in [-0.3, -0.25) is 9.59 Å². The van der Waals surface area contributed by atoms with E-state index < -0.39 is 0 Å². The summed E-state index contributed by atoms with van der Waals surface area (Å²) in [4.78, 5) is 30.1. The zero-order valence-electron chi connectivity index (χ0n) is 13.4. The highest BCUT2D eigenvalue weighted by molar-refractivity contribution is 5.95. The number of pyridine rings is 1. The second kappa shape index (κ2) is 6.11. The lowest BCUT2D eigenvalue weighted by Gasteiger charge is -2.14. The molecule has 0 radical (unpaired) electrons. The van der Waals surface area contributed by atoms with E-state index in [2.05, 4.69) is 27.8 Å². The van der Waals surface area contributed by atoms with Crippen LogP contribution in [0, 0.1) is 11.8 Å². The minimum Gasteiger partial charge on any atom is -0.382 e. The van der Waals surface area contributed by atoms with Crippen LogP contribution < -0.4 is 10.6 Å². The summed E-state index contributed by atoms with van der Waals surface area (Å²) in [6.45, 7) is 2.24. The van der Waals surface area contributed by atoms with Gasteiger partial charge in [-0.2, -0.15) is 0 Å². The van der Waals surface area contributed by atoms with Crippen LogP contribution in [-0.2, 0) is 9.59 Å². The van der Waals surface area contributed by atoms with Crippen molar-refractivity contribution in [2.45, 2.75) is 12.8 Å². The van der Waals surface area contributed by atoms with Crippen molar-refractivity contribution in [3.63, 3.8) is 0 Å². The molecule has 1 saturated heterocycles. The molecule has 3 aliphatic rings. The smallest absolute Gasteiger partial charge is 0.246 e. The van der Waals surface area contributed by atoms with Gasteiger partial charge < -0.3 is 15.5 Å². The predicted octanol–water partition coefficient (Wildman–Crippen LogP) is 1.88. The van der Waals surface area contributed by atoms with Crippen LogP contribution in [0.5, 0.6) is 0 Å². The molecule has 2 N–H and O–H groups in total. The van der Waals surface area contributed by atoms with E-state index in [1.54, 1.807) is 18.3 Å². The van der Waals surface area contributed by atoms with Crippen molar-refractivity contribution in [1.29, 1.82) is 0 Å². The Kier molecular flexibility index (Phi) is 3.80. The second-order valence-corrected chi connectivity index (χ2v) is 6.55. The van der Waals surface area contributed by atoms with E-state index in [9.17, 15) is 9.59 Å². The zero-order chi connectivity index (χ0) is 16.5. The van der Waals surface area contributed by atoms with Crippen molar-refractivity contribution in [2.75, 3.05) is 30.3 Å². The Labute approximate surface area is 140 Å². The topological polar surface area (TPSA) is 74.3 Å². The molecule has 1 aromatic rings. The molecule has 1 fully saturated rings. The van der Waals surface area contributed by atoms with Crippen molar-refractivity contribution in [2.24, 2.45) is 11.8 Å². The summed E-state index contributed by atoms with van der Waals surface area (Å²) in [5.74, 6) is 1.68. The van der Waals surface area contributed by atoms with Crippen LogP contribution in [0.4, 0.5) is 11.5 Å². The largest absolute Gasteiger partial charge is 0.382 e. The van der Waals surface area contributed by atoms with Gasteiger partial charge in [-0.1, -0.05) is 12.2 Å². The van der Waals surface area contributed by atoms with Gasteiger partial charge in [-0.05, 0) is 36.0 Å². The number of aromatic nitrogens is 1. The van der Waals surface area contributed by atoms with E-state index in [-0.39, 0.29) is 11.8 Å². The van der Waals surface area contributed by atoms with Gasteiger partial charge in [-0.15, -0.1) is 0 Å². The Balaban J connectivity index is 1.44. The minimum absolute atomic E-state index is 0.0409. The Hall–Kier alpha value is -2.63. The van der Waals surface area contributed by atoms with Gasteiger partial charge in [-0.25, -0.2) is 4.98 Å². The highest BCUT2D eigenvalue weighted by atomic mass is 16.2. The molecular formula is C18H20N4O2. The van der Waals surface area contributed by atoms with Crippen molar-refractivity contribution >= 4 is 29.4 Å². The van der Waals surface area contributed by atoms with Gasteiger partial charge in [0.2, 0.25) is 11.8 Å². The maximum absolute atomic E-state index is 12.4. The molecule has 24 heavy (non-hydrogen) atoms. The first kappa shape index (κ1) is 14.9. The van der Waals surface area contributed by atoms with E-state index in [4.69, 9.17) is 0 Å². The van der Waals surface area contributed by atoms with Crippen LogP contribution in [0.1, 0.15) is 18.4 Å². The minimum atomic E-state index is -0.0409. The summed E-state index contributed by atoms with van der Waals surface area (Å²) in [5.41, 5.74) is 1.63. The van der Waals surface area contributed by atoms with E-state index >= 15 is 0 Å². The molecule has 4 rings (SSSR count). The maximum Gasteiger partial charge on any atom is 0.246 e. The zero-order valence-corrected chi connectivity index (χ0v) is 13.4. The molecule has 3 heterocycles. The van der Waals surface area contributed by atoms with Crippen LogP contribution in [0.3, 0.4) is 0 Å². The number of rotatable bonds is 2. The third-order valence-corrected chi connectivity index (χ3v) is 4.88. The summed E-state index contributed by atoms with van der Waals surface area (Å²) >= 11 is 0. The number of carbonyl (C=O) groups excluding carboxylic acids is 2. The quantitative estimate of drug-likeness (QED) is 0.643. The average molecular weight is 324 g/mol. The van der Waals surface area contributed by atoms with Crippen LogP contribution >= 0.6 is 0 Å². The third kappa shape index (κ3) is 2.91. The van der Waals surface area contributed by atoms with E-state index in [1.807, 2.05) is 11.0 Å². The number of anilines is 2. The van der Waals surface area contributed by atoms with E-state index in [0.717, 1.165) is 30.8 Å². The fraction of sp³-hybridized carbons (Fsp3) is 0.389. The normalized spacial score (nSPS) is 25.2. The van der Waals surface area contributed by atoms with Crippen LogP contribution in [0.25, 0.3) is 6.08 Å². The maximum atomic E-state index is 12.4. The van der Waals surface area contributed by atoms with Crippen LogP contribution in [-0.4, -0.2) is 41.3 Å². The number of hydrogen-bond donors (Lipinski definition) is 2. The number of hydrogen-bond acceptors (Lipinski definition) is 4. The predicted molar refractivity (Wildman–Crippen MR) is 92.3 cm³/mol. The van der Waals surface area contributed by atoms with Gasteiger partial charge in [0.25, 0.3) is 0 Å². The highest BCUT2D eigenvalue weighted by Gasteiger charge is 2.34. The molecule has 2 unspecified atom stereocenters. The van der Waals surface area contributed by atoms with Gasteiger partial charge in [0, 0.05) is 38.3 Å². The first-order valence-corrected chi connectivity index (χ1v) is 8.36. The lowest BCUT2D eigenvalue weighted by Crippen LogP contribution is -2.27. The number of nitrogens with zero attached hydrogens (tertiary/aromatic N) is 2. The molecule has 0 bridgehead atoms.